The van der Waals surface area contributed by atoms with Crippen molar-refractivity contribution in [1.82, 2.24) is 0 Å². The molecule has 0 aromatic heterocycles. The van der Waals surface area contributed by atoms with Crippen LogP contribution in [0.25, 0.3) is 0 Å². The van der Waals surface area contributed by atoms with Crippen LogP contribution in [0.1, 0.15) is 41.5 Å². The van der Waals surface area contributed by atoms with Crippen molar-refractivity contribution in [3.05, 3.63) is 12.3 Å². The van der Waals surface area contributed by atoms with Gasteiger partial charge in [-0.25, -0.2) is 0 Å². The van der Waals surface area contributed by atoms with E-state index in [2.05, 4.69) is 73.8 Å². The topological polar surface area (TPSA) is 27.7 Å². The third kappa shape index (κ3) is 4.05. The van der Waals surface area contributed by atoms with Crippen molar-refractivity contribution >= 4 is 17.4 Å². The Kier molecular flexibility index (Phi) is 5.82. The van der Waals surface area contributed by atoms with Crippen molar-refractivity contribution in [3.8, 4) is 0 Å². The molecule has 0 saturated heterocycles. The molecule has 0 amide bonds. The Morgan fingerprint density at radius 3 is 2.09 bits per heavy atom. The number of hydrogen-bond acceptors (Lipinski definition) is 3. The van der Waals surface area contributed by atoms with E-state index in [-0.39, 0.29) is 16.6 Å². The van der Waals surface area contributed by atoms with Crippen molar-refractivity contribution in [1.29, 1.82) is 0 Å². The SMILES string of the molecule is C[Si](C)OC[C@@]1(C(C)(C)C)OC=C[C@@H]1O[Si](C)(C)C(C)(C)C. The molecular weight excluding hydrogens is 308 g/mol. The summed E-state index contributed by atoms with van der Waals surface area (Å²) in [7, 11) is -2.64. The highest BCUT2D eigenvalue weighted by atomic mass is 28.4. The van der Waals surface area contributed by atoms with Gasteiger partial charge < -0.3 is 13.6 Å². The van der Waals surface area contributed by atoms with Gasteiger partial charge in [0.15, 0.2) is 13.9 Å². The van der Waals surface area contributed by atoms with Gasteiger partial charge >= 0.3 is 0 Å². The zero-order valence-corrected chi connectivity index (χ0v) is 18.2. The summed E-state index contributed by atoms with van der Waals surface area (Å²) < 4.78 is 18.9. The fourth-order valence-electron chi connectivity index (χ4n) is 2.27. The Morgan fingerprint density at radius 2 is 1.68 bits per heavy atom. The van der Waals surface area contributed by atoms with E-state index in [0.29, 0.717) is 6.61 Å². The van der Waals surface area contributed by atoms with Crippen molar-refractivity contribution in [2.45, 2.75) is 84.5 Å². The number of rotatable bonds is 5. The van der Waals surface area contributed by atoms with Crippen LogP contribution >= 0.6 is 0 Å². The Bertz CT molecular complexity index is 405. The van der Waals surface area contributed by atoms with Crippen molar-refractivity contribution in [2.75, 3.05) is 6.61 Å². The van der Waals surface area contributed by atoms with E-state index in [9.17, 15) is 0 Å². The molecule has 0 N–H and O–H groups in total. The molecule has 1 aliphatic rings. The molecule has 1 heterocycles. The molecule has 1 aliphatic heterocycles. The molecule has 0 fully saturated rings. The Morgan fingerprint density at radius 1 is 1.14 bits per heavy atom. The first kappa shape index (κ1) is 19.9. The largest absolute Gasteiger partial charge is 0.489 e. The quantitative estimate of drug-likeness (QED) is 0.659. The van der Waals surface area contributed by atoms with Gasteiger partial charge in [0.1, 0.15) is 6.10 Å². The van der Waals surface area contributed by atoms with E-state index in [1.54, 1.807) is 0 Å². The van der Waals surface area contributed by atoms with Crippen molar-refractivity contribution < 1.29 is 13.6 Å². The van der Waals surface area contributed by atoms with Crippen LogP contribution < -0.4 is 0 Å². The predicted molar refractivity (Wildman–Crippen MR) is 97.9 cm³/mol. The zero-order chi connectivity index (χ0) is 17.4. The van der Waals surface area contributed by atoms with Crippen molar-refractivity contribution in [2.24, 2.45) is 5.41 Å². The van der Waals surface area contributed by atoms with Gasteiger partial charge in [-0.15, -0.1) is 0 Å². The molecule has 0 aromatic carbocycles. The monoisotopic (exact) mass is 343 g/mol. The highest BCUT2D eigenvalue weighted by molar-refractivity contribution is 6.74. The second-order valence-electron chi connectivity index (χ2n) is 9.08. The molecule has 3 nitrogen and oxygen atoms in total. The molecule has 0 aliphatic carbocycles. The Hall–Kier alpha value is -0.106. The van der Waals surface area contributed by atoms with E-state index < -0.39 is 23.0 Å². The van der Waals surface area contributed by atoms with Crippen molar-refractivity contribution in [3.63, 3.8) is 0 Å². The highest BCUT2D eigenvalue weighted by Gasteiger charge is 2.55. The average molecular weight is 344 g/mol. The summed E-state index contributed by atoms with van der Waals surface area (Å²) in [5.74, 6) is 0. The minimum absolute atomic E-state index is 0.0465. The minimum atomic E-state index is -1.87. The normalized spacial score (nSPS) is 26.6. The van der Waals surface area contributed by atoms with Gasteiger partial charge in [-0.3, -0.25) is 0 Å². The lowest BCUT2D eigenvalue weighted by atomic mass is 9.74. The summed E-state index contributed by atoms with van der Waals surface area (Å²) in [4.78, 5) is 0. The standard InChI is InChI=1S/C17H35O3Si2/c1-15(2,3)17(13-19-21(7)8)14(11-12-18-17)20-22(9,10)16(4,5)6/h11-12,14H,13H2,1-10H3/t14-,17+/m0/s1. The van der Waals surface area contributed by atoms with E-state index in [0.717, 1.165) is 0 Å². The second-order valence-corrected chi connectivity index (χ2v) is 15.9. The molecule has 129 valence electrons. The molecule has 1 rings (SSSR count). The fourth-order valence-corrected chi connectivity index (χ4v) is 4.03. The summed E-state index contributed by atoms with van der Waals surface area (Å²) in [5, 5.41) is 0.179. The first-order valence-corrected chi connectivity index (χ1v) is 13.5. The predicted octanol–water partition coefficient (Wildman–Crippen LogP) is 4.97. The van der Waals surface area contributed by atoms with Gasteiger partial charge in [-0.1, -0.05) is 41.5 Å². The number of ether oxygens (including phenoxy) is 1. The van der Waals surface area contributed by atoms with E-state index in [1.165, 1.54) is 0 Å². The molecule has 2 atom stereocenters. The average Bonchev–Trinajstić information content (AvgIpc) is 2.67. The van der Waals surface area contributed by atoms with Crippen LogP contribution in [0.3, 0.4) is 0 Å². The first-order valence-electron chi connectivity index (χ1n) is 8.18. The molecule has 0 aromatic rings. The maximum Gasteiger partial charge on any atom is 0.205 e. The lowest BCUT2D eigenvalue weighted by molar-refractivity contribution is -0.130. The number of hydrogen-bond donors (Lipinski definition) is 0. The maximum atomic E-state index is 6.70. The van der Waals surface area contributed by atoms with Crippen LogP contribution in [0.15, 0.2) is 12.3 Å². The van der Waals surface area contributed by atoms with Crippen LogP contribution in [0.5, 0.6) is 0 Å². The van der Waals surface area contributed by atoms with Crippen LogP contribution in [-0.2, 0) is 13.6 Å². The first-order chi connectivity index (χ1) is 9.73. The summed E-state index contributed by atoms with van der Waals surface area (Å²) in [5.41, 5.74) is -0.509. The van der Waals surface area contributed by atoms with E-state index in [4.69, 9.17) is 13.6 Å². The molecule has 0 spiro atoms. The molecular formula is C17H35O3Si2. The van der Waals surface area contributed by atoms with Gasteiger partial charge in [0.2, 0.25) is 9.04 Å². The maximum absolute atomic E-state index is 6.70. The van der Waals surface area contributed by atoms with Crippen LogP contribution in [-0.4, -0.2) is 35.7 Å². The van der Waals surface area contributed by atoms with Gasteiger partial charge in [-0.05, 0) is 37.3 Å². The van der Waals surface area contributed by atoms with E-state index in [1.807, 2.05) is 6.26 Å². The summed E-state index contributed by atoms with van der Waals surface area (Å²) in [6.07, 6.45) is 3.84. The lowest BCUT2D eigenvalue weighted by Crippen LogP contribution is -2.59. The zero-order valence-electron chi connectivity index (χ0n) is 16.2. The van der Waals surface area contributed by atoms with Gasteiger partial charge in [-0.2, -0.15) is 0 Å². The fraction of sp³-hybridized carbons (Fsp3) is 0.882. The summed E-state index contributed by atoms with van der Waals surface area (Å²) >= 11 is 0. The van der Waals surface area contributed by atoms with Crippen LogP contribution in [0, 0.1) is 5.41 Å². The minimum Gasteiger partial charge on any atom is -0.489 e. The molecule has 22 heavy (non-hydrogen) atoms. The Balaban J connectivity index is 3.07. The van der Waals surface area contributed by atoms with Gasteiger partial charge in [0.05, 0.1) is 12.9 Å². The Labute approximate surface area is 140 Å². The third-order valence-electron chi connectivity index (χ3n) is 5.06. The summed E-state index contributed by atoms with van der Waals surface area (Å²) in [6.45, 7) is 22.9. The smallest absolute Gasteiger partial charge is 0.205 e. The molecule has 0 unspecified atom stereocenters. The summed E-state index contributed by atoms with van der Waals surface area (Å²) in [6, 6.07) is 0. The van der Waals surface area contributed by atoms with Crippen LogP contribution in [0.4, 0.5) is 0 Å². The van der Waals surface area contributed by atoms with Crippen LogP contribution in [0.2, 0.25) is 31.2 Å². The van der Waals surface area contributed by atoms with Gasteiger partial charge in [0, 0.05) is 5.41 Å². The molecule has 0 bridgehead atoms. The molecule has 1 radical (unpaired) electrons. The molecule has 5 heteroatoms. The van der Waals surface area contributed by atoms with E-state index >= 15 is 0 Å². The lowest BCUT2D eigenvalue weighted by Gasteiger charge is -2.48. The second kappa shape index (κ2) is 6.42. The third-order valence-corrected chi connectivity index (χ3v) is 10.2. The van der Waals surface area contributed by atoms with Gasteiger partial charge in [0.25, 0.3) is 0 Å². The highest BCUT2D eigenvalue weighted by Crippen LogP contribution is 2.46. The molecule has 0 saturated carbocycles.